The van der Waals surface area contributed by atoms with Gasteiger partial charge in [0.25, 0.3) is 0 Å². The minimum atomic E-state index is -4.58. The molecular weight excluding hydrogens is 357 g/mol. The first-order chi connectivity index (χ1) is 10.3. The van der Waals surface area contributed by atoms with Gasteiger partial charge in [-0.2, -0.15) is 8.78 Å². The van der Waals surface area contributed by atoms with E-state index in [0.29, 0.717) is 21.4 Å². The van der Waals surface area contributed by atoms with E-state index in [1.54, 1.807) is 18.2 Å². The highest BCUT2D eigenvalue weighted by atomic mass is 35.5. The van der Waals surface area contributed by atoms with E-state index in [-0.39, 0.29) is 6.61 Å². The minimum Gasteiger partial charge on any atom is -0.489 e. The number of alkyl halides is 2. The molecule has 0 spiro atoms. The largest absolute Gasteiger partial charge is 0.489 e. The summed E-state index contributed by atoms with van der Waals surface area (Å²) in [5.41, 5.74) is 0.615. The predicted octanol–water partition coefficient (Wildman–Crippen LogP) is 4.57. The smallest absolute Gasteiger partial charge is 0.341 e. The molecule has 118 valence electrons. The highest BCUT2D eigenvalue weighted by Gasteiger charge is 2.26. The molecule has 0 saturated heterocycles. The van der Waals surface area contributed by atoms with Gasteiger partial charge in [-0.1, -0.05) is 35.3 Å². The molecule has 0 unspecified atom stereocenters. The van der Waals surface area contributed by atoms with Crippen molar-refractivity contribution >= 4 is 33.0 Å². The van der Waals surface area contributed by atoms with Crippen LogP contribution in [0.25, 0.3) is 0 Å². The quantitative estimate of drug-likeness (QED) is 0.778. The maximum atomic E-state index is 12.4. The second-order valence-corrected chi connectivity index (χ2v) is 7.13. The molecule has 0 radical (unpaired) electrons. The molecule has 0 atom stereocenters. The van der Waals surface area contributed by atoms with Crippen molar-refractivity contribution < 1.29 is 21.9 Å². The molecule has 2 rings (SSSR count). The number of rotatable bonds is 5. The SMILES string of the molecule is O=S(=O)(c1ccc(COc2cc(Cl)cc(Cl)c2)cc1)C(F)F. The van der Waals surface area contributed by atoms with Crippen LogP contribution >= 0.6 is 23.2 Å². The average molecular weight is 367 g/mol. The number of sulfone groups is 1. The number of halogens is 4. The Hall–Kier alpha value is -1.37. The monoisotopic (exact) mass is 366 g/mol. The van der Waals surface area contributed by atoms with Crippen molar-refractivity contribution in [3.63, 3.8) is 0 Å². The first-order valence-corrected chi connectivity index (χ1v) is 8.29. The summed E-state index contributed by atoms with van der Waals surface area (Å²) in [6.45, 7) is 0.117. The van der Waals surface area contributed by atoms with Gasteiger partial charge in [0.2, 0.25) is 9.84 Å². The molecule has 0 aliphatic rings. The van der Waals surface area contributed by atoms with Gasteiger partial charge in [0, 0.05) is 10.0 Å². The summed E-state index contributed by atoms with van der Waals surface area (Å²) in [6, 6.07) is 9.74. The van der Waals surface area contributed by atoms with Crippen LogP contribution in [0.3, 0.4) is 0 Å². The van der Waals surface area contributed by atoms with Crippen molar-refractivity contribution in [2.75, 3.05) is 0 Å². The summed E-state index contributed by atoms with van der Waals surface area (Å²) in [5.74, 6) is -3.00. The van der Waals surface area contributed by atoms with Crippen LogP contribution in [0, 0.1) is 0 Å². The fourth-order valence-corrected chi connectivity index (χ4v) is 2.88. The summed E-state index contributed by atoms with van der Waals surface area (Å²) in [5, 5.41) is 0.835. The van der Waals surface area contributed by atoms with Crippen molar-refractivity contribution in [1.82, 2.24) is 0 Å². The van der Waals surface area contributed by atoms with E-state index >= 15 is 0 Å². The molecule has 2 aromatic carbocycles. The number of ether oxygens (including phenoxy) is 1. The van der Waals surface area contributed by atoms with Gasteiger partial charge >= 0.3 is 5.76 Å². The summed E-state index contributed by atoms with van der Waals surface area (Å²) in [7, 11) is -4.58. The topological polar surface area (TPSA) is 43.4 Å². The van der Waals surface area contributed by atoms with Crippen molar-refractivity contribution in [3.05, 3.63) is 58.1 Å². The van der Waals surface area contributed by atoms with E-state index in [2.05, 4.69) is 0 Å². The van der Waals surface area contributed by atoms with Gasteiger partial charge < -0.3 is 4.74 Å². The van der Waals surface area contributed by atoms with E-state index < -0.39 is 20.5 Å². The summed E-state index contributed by atoms with van der Waals surface area (Å²) >= 11 is 11.7. The van der Waals surface area contributed by atoms with Crippen LogP contribution < -0.4 is 4.74 Å². The second kappa shape index (κ2) is 6.81. The molecule has 2 aromatic rings. The van der Waals surface area contributed by atoms with Crippen LogP contribution in [0.4, 0.5) is 8.78 Å². The molecule has 0 bridgehead atoms. The van der Waals surface area contributed by atoms with Gasteiger partial charge in [-0.3, -0.25) is 0 Å². The van der Waals surface area contributed by atoms with Crippen LogP contribution in [0.5, 0.6) is 5.75 Å². The second-order valence-electron chi connectivity index (χ2n) is 4.34. The standard InChI is InChI=1S/C14H10Cl2F2O3S/c15-10-5-11(16)7-12(6-10)21-8-9-1-3-13(4-2-9)22(19,20)14(17)18/h1-7,14H,8H2. The summed E-state index contributed by atoms with van der Waals surface area (Å²) in [4.78, 5) is -0.433. The van der Waals surface area contributed by atoms with Crippen LogP contribution in [-0.4, -0.2) is 14.2 Å². The van der Waals surface area contributed by atoms with Gasteiger partial charge in [0.05, 0.1) is 4.90 Å². The molecule has 0 heterocycles. The van der Waals surface area contributed by atoms with Crippen molar-refractivity contribution in [1.29, 1.82) is 0 Å². The van der Waals surface area contributed by atoms with E-state index in [1.165, 1.54) is 12.1 Å². The molecule has 0 aliphatic heterocycles. The Morgan fingerprint density at radius 3 is 2.05 bits per heavy atom. The molecule has 3 nitrogen and oxygen atoms in total. The number of hydrogen-bond acceptors (Lipinski definition) is 3. The minimum absolute atomic E-state index is 0.117. The lowest BCUT2D eigenvalue weighted by Crippen LogP contribution is -2.11. The van der Waals surface area contributed by atoms with Crippen LogP contribution in [0.1, 0.15) is 5.56 Å². The number of benzene rings is 2. The molecular formula is C14H10Cl2F2O3S. The van der Waals surface area contributed by atoms with Crippen molar-refractivity contribution in [2.45, 2.75) is 17.3 Å². The van der Waals surface area contributed by atoms with Crippen molar-refractivity contribution in [2.24, 2.45) is 0 Å². The maximum Gasteiger partial charge on any atom is 0.341 e. The van der Waals surface area contributed by atoms with Crippen LogP contribution in [0.2, 0.25) is 10.0 Å². The highest BCUT2D eigenvalue weighted by molar-refractivity contribution is 7.91. The zero-order valence-electron chi connectivity index (χ0n) is 11.0. The Labute approximate surface area is 136 Å². The Morgan fingerprint density at radius 2 is 1.55 bits per heavy atom. The van der Waals surface area contributed by atoms with Gasteiger partial charge in [0.1, 0.15) is 12.4 Å². The first kappa shape index (κ1) is 17.0. The lowest BCUT2D eigenvalue weighted by molar-refractivity contribution is 0.234. The van der Waals surface area contributed by atoms with Crippen LogP contribution in [0.15, 0.2) is 47.4 Å². The van der Waals surface area contributed by atoms with Gasteiger partial charge in [0.15, 0.2) is 0 Å². The van der Waals surface area contributed by atoms with Gasteiger partial charge in [-0.25, -0.2) is 8.42 Å². The van der Waals surface area contributed by atoms with E-state index in [1.807, 2.05) is 0 Å². The normalized spacial score (nSPS) is 11.7. The third-order valence-corrected chi connectivity index (χ3v) is 4.56. The summed E-state index contributed by atoms with van der Waals surface area (Å²) < 4.78 is 52.8. The Balaban J connectivity index is 2.09. The molecule has 0 N–H and O–H groups in total. The van der Waals surface area contributed by atoms with E-state index in [4.69, 9.17) is 27.9 Å². The molecule has 0 aromatic heterocycles. The van der Waals surface area contributed by atoms with E-state index in [0.717, 1.165) is 12.1 Å². The molecule has 0 aliphatic carbocycles. The fourth-order valence-electron chi connectivity index (χ4n) is 1.66. The third-order valence-electron chi connectivity index (χ3n) is 2.73. The first-order valence-electron chi connectivity index (χ1n) is 5.99. The molecule has 8 heteroatoms. The highest BCUT2D eigenvalue weighted by Crippen LogP contribution is 2.25. The summed E-state index contributed by atoms with van der Waals surface area (Å²) in [6.07, 6.45) is 0. The zero-order chi connectivity index (χ0) is 16.3. The molecule has 0 amide bonds. The Kier molecular flexibility index (Phi) is 5.26. The third kappa shape index (κ3) is 4.09. The van der Waals surface area contributed by atoms with Gasteiger partial charge in [-0.15, -0.1) is 0 Å². The molecule has 22 heavy (non-hydrogen) atoms. The average Bonchev–Trinajstić information content (AvgIpc) is 2.44. The lowest BCUT2D eigenvalue weighted by Gasteiger charge is -2.08. The molecule has 0 fully saturated rings. The zero-order valence-corrected chi connectivity index (χ0v) is 13.3. The predicted molar refractivity (Wildman–Crippen MR) is 80.4 cm³/mol. The van der Waals surface area contributed by atoms with Gasteiger partial charge in [-0.05, 0) is 35.9 Å². The Bertz CT molecular complexity index is 742. The lowest BCUT2D eigenvalue weighted by atomic mass is 10.2. The maximum absolute atomic E-state index is 12.4. The van der Waals surface area contributed by atoms with Crippen molar-refractivity contribution in [3.8, 4) is 5.75 Å². The number of hydrogen-bond donors (Lipinski definition) is 0. The van der Waals surface area contributed by atoms with Crippen LogP contribution in [-0.2, 0) is 16.4 Å². The Morgan fingerprint density at radius 1 is 1.00 bits per heavy atom. The van der Waals surface area contributed by atoms with E-state index in [9.17, 15) is 17.2 Å². The fraction of sp³-hybridized carbons (Fsp3) is 0.143. The molecule has 0 saturated carbocycles.